The van der Waals surface area contributed by atoms with Crippen molar-refractivity contribution in [2.75, 3.05) is 19.6 Å². The van der Waals surface area contributed by atoms with Gasteiger partial charge in [0.25, 0.3) is 0 Å². The zero-order chi connectivity index (χ0) is 16.7. The van der Waals surface area contributed by atoms with Gasteiger partial charge in [-0.25, -0.2) is 9.38 Å². The van der Waals surface area contributed by atoms with E-state index >= 15 is 0 Å². The summed E-state index contributed by atoms with van der Waals surface area (Å²) in [6.07, 6.45) is 2.03. The number of halogens is 2. The number of nitrogens with one attached hydrogen (secondary N) is 3. The molecule has 24 heavy (non-hydrogen) atoms. The number of hydrogen-bond donors (Lipinski definition) is 3. The van der Waals surface area contributed by atoms with Crippen LogP contribution >= 0.6 is 24.0 Å². The van der Waals surface area contributed by atoms with Crippen molar-refractivity contribution in [1.29, 1.82) is 0 Å². The van der Waals surface area contributed by atoms with Gasteiger partial charge in [-0.15, -0.1) is 24.0 Å². The van der Waals surface area contributed by atoms with Crippen molar-refractivity contribution < 1.29 is 9.18 Å². The lowest BCUT2D eigenvalue weighted by Gasteiger charge is -2.12. The summed E-state index contributed by atoms with van der Waals surface area (Å²) in [5, 5.41) is 9.24. The van der Waals surface area contributed by atoms with Gasteiger partial charge in [-0.1, -0.05) is 12.1 Å². The molecule has 134 valence electrons. The first kappa shape index (κ1) is 20.7. The van der Waals surface area contributed by atoms with E-state index in [1.165, 1.54) is 6.07 Å². The molecule has 1 aliphatic carbocycles. The van der Waals surface area contributed by atoms with Crippen LogP contribution < -0.4 is 16.0 Å². The highest BCUT2D eigenvalue weighted by Crippen LogP contribution is 2.28. The molecule has 1 amide bonds. The van der Waals surface area contributed by atoms with E-state index in [0.717, 1.165) is 24.9 Å². The second-order valence-electron chi connectivity index (χ2n) is 5.77. The van der Waals surface area contributed by atoms with Crippen LogP contribution in [0.2, 0.25) is 0 Å². The third kappa shape index (κ3) is 7.02. The highest BCUT2D eigenvalue weighted by molar-refractivity contribution is 14.0. The molecule has 3 N–H and O–H groups in total. The largest absolute Gasteiger partial charge is 0.357 e. The first-order valence-electron chi connectivity index (χ1n) is 8.15. The summed E-state index contributed by atoms with van der Waals surface area (Å²) in [5.41, 5.74) is 1.58. The van der Waals surface area contributed by atoms with E-state index in [2.05, 4.69) is 20.9 Å². The van der Waals surface area contributed by atoms with Crippen LogP contribution in [0, 0.1) is 18.7 Å². The lowest BCUT2D eigenvalue weighted by Crippen LogP contribution is -2.41. The van der Waals surface area contributed by atoms with E-state index in [-0.39, 0.29) is 41.6 Å². The van der Waals surface area contributed by atoms with Crippen LogP contribution in [0.4, 0.5) is 4.39 Å². The Labute approximate surface area is 159 Å². The molecule has 5 nitrogen and oxygen atoms in total. The average molecular weight is 448 g/mol. The zero-order valence-corrected chi connectivity index (χ0v) is 16.5. The van der Waals surface area contributed by atoms with E-state index in [9.17, 15) is 9.18 Å². The monoisotopic (exact) mass is 448 g/mol. The molecule has 0 bridgehead atoms. The van der Waals surface area contributed by atoms with Crippen molar-refractivity contribution in [3.05, 3.63) is 35.1 Å². The molecule has 1 fully saturated rings. The van der Waals surface area contributed by atoms with Gasteiger partial charge < -0.3 is 16.0 Å². The maximum atomic E-state index is 13.3. The molecule has 0 spiro atoms. The lowest BCUT2D eigenvalue weighted by molar-refractivity contribution is -0.122. The van der Waals surface area contributed by atoms with Gasteiger partial charge in [0.05, 0.1) is 6.54 Å². The van der Waals surface area contributed by atoms with Gasteiger partial charge >= 0.3 is 0 Å². The number of aliphatic imine (C=N–C) groups is 1. The Balaban J connectivity index is 0.00000288. The predicted molar refractivity (Wildman–Crippen MR) is 105 cm³/mol. The van der Waals surface area contributed by atoms with Gasteiger partial charge in [-0.2, -0.15) is 0 Å². The fourth-order valence-electron chi connectivity index (χ4n) is 2.17. The lowest BCUT2D eigenvalue weighted by atomic mass is 10.1. The van der Waals surface area contributed by atoms with Crippen molar-refractivity contribution >= 4 is 35.8 Å². The van der Waals surface area contributed by atoms with Crippen LogP contribution in [-0.4, -0.2) is 31.5 Å². The summed E-state index contributed by atoms with van der Waals surface area (Å²) in [5.74, 6) is 0.874. The number of nitrogens with zero attached hydrogens (tertiary/aromatic N) is 1. The molecule has 0 aromatic heterocycles. The number of hydrogen-bond acceptors (Lipinski definition) is 2. The Kier molecular flexibility index (Phi) is 9.02. The summed E-state index contributed by atoms with van der Waals surface area (Å²) in [6, 6.07) is 5.01. The molecule has 1 aromatic rings. The van der Waals surface area contributed by atoms with Crippen LogP contribution in [0.3, 0.4) is 0 Å². The van der Waals surface area contributed by atoms with Crippen molar-refractivity contribution in [3.63, 3.8) is 0 Å². The fraction of sp³-hybridized carbons (Fsp3) is 0.529. The fourth-order valence-corrected chi connectivity index (χ4v) is 2.17. The van der Waals surface area contributed by atoms with E-state index in [0.29, 0.717) is 31.2 Å². The minimum atomic E-state index is -0.200. The van der Waals surface area contributed by atoms with Gasteiger partial charge in [0.15, 0.2) is 5.96 Å². The topological polar surface area (TPSA) is 65.5 Å². The minimum absolute atomic E-state index is 0. The number of guanidine groups is 1. The highest BCUT2D eigenvalue weighted by Gasteiger charge is 2.28. The maximum Gasteiger partial charge on any atom is 0.223 e. The highest BCUT2D eigenvalue weighted by atomic mass is 127. The summed E-state index contributed by atoms with van der Waals surface area (Å²) >= 11 is 0. The normalized spacial score (nSPS) is 13.9. The van der Waals surface area contributed by atoms with E-state index in [1.807, 2.05) is 6.92 Å². The van der Waals surface area contributed by atoms with Gasteiger partial charge in [-0.05, 0) is 43.9 Å². The van der Waals surface area contributed by atoms with Crippen molar-refractivity contribution in [1.82, 2.24) is 16.0 Å². The summed E-state index contributed by atoms with van der Waals surface area (Å²) in [4.78, 5) is 16.0. The first-order chi connectivity index (χ1) is 11.1. The Hall–Kier alpha value is -1.38. The molecule has 0 radical (unpaired) electrons. The number of carbonyl (C=O) groups is 1. The Morgan fingerprint density at radius 1 is 1.25 bits per heavy atom. The number of rotatable bonds is 7. The minimum Gasteiger partial charge on any atom is -0.357 e. The number of amides is 1. The molecule has 1 aromatic carbocycles. The first-order valence-corrected chi connectivity index (χ1v) is 8.15. The second kappa shape index (κ2) is 10.5. The molecule has 1 aliphatic rings. The van der Waals surface area contributed by atoms with E-state index in [1.54, 1.807) is 19.1 Å². The summed E-state index contributed by atoms with van der Waals surface area (Å²) in [6.45, 7) is 6.17. The average Bonchev–Trinajstić information content (AvgIpc) is 3.37. The molecular weight excluding hydrogens is 422 g/mol. The molecule has 0 atom stereocenters. The van der Waals surface area contributed by atoms with Crippen molar-refractivity contribution in [3.8, 4) is 0 Å². The maximum absolute atomic E-state index is 13.3. The van der Waals surface area contributed by atoms with Crippen LogP contribution in [0.15, 0.2) is 23.2 Å². The molecule has 1 saturated carbocycles. The molecule has 2 rings (SSSR count). The predicted octanol–water partition coefficient (Wildman–Crippen LogP) is 2.33. The number of benzene rings is 1. The third-order valence-electron chi connectivity index (χ3n) is 3.65. The molecule has 0 heterocycles. The smallest absolute Gasteiger partial charge is 0.223 e. The Bertz CT molecular complexity index is 576. The van der Waals surface area contributed by atoms with Gasteiger partial charge in [0.2, 0.25) is 5.91 Å². The number of carbonyl (C=O) groups excluding carboxylic acids is 1. The van der Waals surface area contributed by atoms with Gasteiger partial charge in [0.1, 0.15) is 5.82 Å². The van der Waals surface area contributed by atoms with Gasteiger partial charge in [-0.3, -0.25) is 4.79 Å². The molecular formula is C17H26FIN4O. The Morgan fingerprint density at radius 3 is 2.58 bits per heavy atom. The summed E-state index contributed by atoms with van der Waals surface area (Å²) < 4.78 is 13.3. The van der Waals surface area contributed by atoms with Crippen molar-refractivity contribution in [2.24, 2.45) is 10.9 Å². The van der Waals surface area contributed by atoms with Crippen LogP contribution in [0.1, 0.15) is 30.9 Å². The Morgan fingerprint density at radius 2 is 1.96 bits per heavy atom. The molecule has 0 unspecified atom stereocenters. The second-order valence-corrected chi connectivity index (χ2v) is 5.77. The third-order valence-corrected chi connectivity index (χ3v) is 3.65. The molecule has 0 aliphatic heterocycles. The van der Waals surface area contributed by atoms with Gasteiger partial charge in [0, 0.05) is 25.6 Å². The van der Waals surface area contributed by atoms with Crippen LogP contribution in [-0.2, 0) is 11.3 Å². The summed E-state index contributed by atoms with van der Waals surface area (Å²) in [7, 11) is 0. The van der Waals surface area contributed by atoms with E-state index < -0.39 is 0 Å². The van der Waals surface area contributed by atoms with Crippen molar-refractivity contribution in [2.45, 2.75) is 33.2 Å². The number of aryl methyl sites for hydroxylation is 1. The zero-order valence-electron chi connectivity index (χ0n) is 14.2. The van der Waals surface area contributed by atoms with Crippen LogP contribution in [0.25, 0.3) is 0 Å². The standard InChI is InChI=1S/C17H25FN4O.HI/c1-3-19-17(21-9-8-20-16(23)14-5-6-14)22-11-13-4-7-15(18)12(2)10-13;/h4,7,10,14H,3,5-6,8-9,11H2,1-2H3,(H,20,23)(H2,19,21,22);1H. The molecule has 0 saturated heterocycles. The van der Waals surface area contributed by atoms with Crippen LogP contribution in [0.5, 0.6) is 0 Å². The van der Waals surface area contributed by atoms with E-state index in [4.69, 9.17) is 0 Å². The quantitative estimate of drug-likeness (QED) is 0.260. The SMILES string of the molecule is CCNC(=NCc1ccc(F)c(C)c1)NCCNC(=O)C1CC1.I. The molecule has 7 heteroatoms.